The van der Waals surface area contributed by atoms with Gasteiger partial charge in [-0.25, -0.2) is 0 Å². The first-order valence-corrected chi connectivity index (χ1v) is 11.8. The first kappa shape index (κ1) is 21.7. The molecule has 0 bridgehead atoms. The van der Waals surface area contributed by atoms with E-state index in [2.05, 4.69) is 58.0 Å². The first-order chi connectivity index (χ1) is 16.0. The van der Waals surface area contributed by atoms with Crippen LogP contribution in [0.2, 0.25) is 0 Å². The molecule has 0 saturated carbocycles. The summed E-state index contributed by atoms with van der Waals surface area (Å²) in [5.74, 6) is 0.0639. The third-order valence-corrected chi connectivity index (χ3v) is 7.27. The molecular formula is C28H31N3O2. The zero-order chi connectivity index (χ0) is 23.1. The van der Waals surface area contributed by atoms with Crippen LogP contribution in [0.15, 0.2) is 65.6 Å². The maximum Gasteiger partial charge on any atom is 0.271 e. The number of hydrogen-bond acceptors (Lipinski definition) is 3. The molecule has 1 atom stereocenters. The number of rotatable bonds is 4. The molecule has 3 aromatic rings. The topological polar surface area (TPSA) is 45.6 Å². The Bertz CT molecular complexity index is 1210. The van der Waals surface area contributed by atoms with E-state index < -0.39 is 0 Å². The van der Waals surface area contributed by atoms with E-state index in [0.717, 1.165) is 19.4 Å². The number of carbonyl (C=O) groups is 1. The van der Waals surface area contributed by atoms with Crippen LogP contribution in [0.3, 0.4) is 0 Å². The van der Waals surface area contributed by atoms with Crippen LogP contribution in [0.4, 0.5) is 0 Å². The molecule has 5 rings (SSSR count). The van der Waals surface area contributed by atoms with Crippen LogP contribution < -0.4 is 5.43 Å². The number of carbonyl (C=O) groups excluding carboxylic acids is 1. The summed E-state index contributed by atoms with van der Waals surface area (Å²) in [7, 11) is 4.04. The number of amides is 1. The summed E-state index contributed by atoms with van der Waals surface area (Å²) in [6, 6.07) is 19.1. The van der Waals surface area contributed by atoms with Crippen LogP contribution in [-0.2, 0) is 12.8 Å². The molecule has 5 nitrogen and oxygen atoms in total. The van der Waals surface area contributed by atoms with Gasteiger partial charge in [-0.15, -0.1) is 0 Å². The van der Waals surface area contributed by atoms with Crippen LogP contribution in [-0.4, -0.2) is 54.0 Å². The van der Waals surface area contributed by atoms with Gasteiger partial charge in [0.15, 0.2) is 5.43 Å². The molecule has 1 aliphatic heterocycles. The van der Waals surface area contributed by atoms with E-state index in [0.29, 0.717) is 24.3 Å². The molecule has 0 fully saturated rings. The maximum absolute atomic E-state index is 13.5. The number of benzene rings is 2. The molecule has 33 heavy (non-hydrogen) atoms. The number of fused-ring (bicyclic) bond motifs is 3. The van der Waals surface area contributed by atoms with Crippen molar-refractivity contribution in [2.24, 2.45) is 0 Å². The van der Waals surface area contributed by atoms with Crippen molar-refractivity contribution < 1.29 is 4.79 Å². The highest BCUT2D eigenvalue weighted by Crippen LogP contribution is 2.43. The number of aromatic nitrogens is 1. The molecule has 1 amide bonds. The van der Waals surface area contributed by atoms with Gasteiger partial charge in [0.2, 0.25) is 0 Å². The third-order valence-electron chi connectivity index (χ3n) is 7.27. The van der Waals surface area contributed by atoms with Crippen LogP contribution in [0.1, 0.15) is 50.3 Å². The van der Waals surface area contributed by atoms with Crippen molar-refractivity contribution in [2.45, 2.75) is 31.7 Å². The first-order valence-electron chi connectivity index (χ1n) is 11.8. The number of nitrogens with zero attached hydrogens (tertiary/aromatic N) is 3. The van der Waals surface area contributed by atoms with Crippen molar-refractivity contribution in [1.82, 2.24) is 14.4 Å². The minimum atomic E-state index is -0.0792. The van der Waals surface area contributed by atoms with Gasteiger partial charge in [-0.1, -0.05) is 48.5 Å². The summed E-state index contributed by atoms with van der Waals surface area (Å²) in [5, 5.41) is 0. The molecule has 2 aromatic carbocycles. The Hall–Kier alpha value is -3.18. The number of aryl methyl sites for hydroxylation is 2. The zero-order valence-electron chi connectivity index (χ0n) is 19.6. The summed E-state index contributed by atoms with van der Waals surface area (Å²) in [4.78, 5) is 30.1. The van der Waals surface area contributed by atoms with E-state index in [1.165, 1.54) is 22.3 Å². The monoisotopic (exact) mass is 441 g/mol. The molecule has 0 radical (unpaired) electrons. The van der Waals surface area contributed by atoms with Gasteiger partial charge in [-0.3, -0.25) is 9.59 Å². The molecule has 0 N–H and O–H groups in total. The molecular weight excluding hydrogens is 410 g/mol. The van der Waals surface area contributed by atoms with E-state index >= 15 is 0 Å². The Morgan fingerprint density at radius 3 is 2.12 bits per heavy atom. The summed E-state index contributed by atoms with van der Waals surface area (Å²) in [6.07, 6.45) is 3.86. The van der Waals surface area contributed by atoms with Crippen LogP contribution in [0.25, 0.3) is 0 Å². The van der Waals surface area contributed by atoms with E-state index in [9.17, 15) is 9.59 Å². The van der Waals surface area contributed by atoms with Crippen molar-refractivity contribution in [3.63, 3.8) is 0 Å². The van der Waals surface area contributed by atoms with Gasteiger partial charge in [0.1, 0.15) is 5.69 Å². The molecule has 1 unspecified atom stereocenters. The quantitative estimate of drug-likeness (QED) is 0.621. The van der Waals surface area contributed by atoms with E-state index in [1.807, 2.05) is 25.2 Å². The molecule has 2 heterocycles. The van der Waals surface area contributed by atoms with Gasteiger partial charge < -0.3 is 14.4 Å². The number of likely N-dealkylation sites (N-methyl/N-ethyl adjacent to an activating group) is 1. The predicted molar refractivity (Wildman–Crippen MR) is 131 cm³/mol. The summed E-state index contributed by atoms with van der Waals surface area (Å²) in [6.45, 7) is 3.83. The fourth-order valence-corrected chi connectivity index (χ4v) is 5.51. The Kier molecular flexibility index (Phi) is 5.67. The van der Waals surface area contributed by atoms with Crippen LogP contribution >= 0.6 is 0 Å². The van der Waals surface area contributed by atoms with E-state index in [-0.39, 0.29) is 23.3 Å². The van der Waals surface area contributed by atoms with E-state index in [1.54, 1.807) is 13.0 Å². The highest BCUT2D eigenvalue weighted by molar-refractivity contribution is 5.94. The Morgan fingerprint density at radius 1 is 0.909 bits per heavy atom. The zero-order valence-corrected chi connectivity index (χ0v) is 19.6. The minimum absolute atomic E-state index is 0.0135. The molecule has 5 heteroatoms. The number of hydrogen-bond donors (Lipinski definition) is 0. The highest BCUT2D eigenvalue weighted by atomic mass is 16.2. The largest absolute Gasteiger partial charge is 0.337 e. The lowest BCUT2D eigenvalue weighted by molar-refractivity contribution is 0.0642. The van der Waals surface area contributed by atoms with Crippen LogP contribution in [0, 0.1) is 6.92 Å². The van der Waals surface area contributed by atoms with Crippen molar-refractivity contribution in [1.29, 1.82) is 0 Å². The molecule has 1 aliphatic carbocycles. The lowest BCUT2D eigenvalue weighted by atomic mass is 9.81. The van der Waals surface area contributed by atoms with Crippen molar-refractivity contribution in [2.75, 3.05) is 33.7 Å². The second-order valence-corrected chi connectivity index (χ2v) is 9.56. The average molecular weight is 442 g/mol. The number of pyridine rings is 1. The fraction of sp³-hybridized carbons (Fsp3) is 0.357. The van der Waals surface area contributed by atoms with Crippen molar-refractivity contribution in [3.8, 4) is 0 Å². The van der Waals surface area contributed by atoms with Gasteiger partial charge in [0.05, 0.1) is 6.04 Å². The normalized spacial score (nSPS) is 18.0. The average Bonchev–Trinajstić information content (AvgIpc) is 2.98. The summed E-state index contributed by atoms with van der Waals surface area (Å²) < 4.78 is 2.09. The molecule has 0 saturated heterocycles. The molecule has 0 spiro atoms. The molecule has 170 valence electrons. The Balaban J connectivity index is 1.72. The van der Waals surface area contributed by atoms with Gasteiger partial charge in [0, 0.05) is 43.4 Å². The Labute approximate surface area is 195 Å². The maximum atomic E-state index is 13.5. The van der Waals surface area contributed by atoms with Crippen molar-refractivity contribution >= 4 is 5.91 Å². The lowest BCUT2D eigenvalue weighted by Gasteiger charge is -2.41. The summed E-state index contributed by atoms with van der Waals surface area (Å²) in [5.41, 5.74) is 6.40. The second kappa shape index (κ2) is 8.64. The summed E-state index contributed by atoms with van der Waals surface area (Å²) >= 11 is 0. The van der Waals surface area contributed by atoms with Gasteiger partial charge in [-0.05, 0) is 56.1 Å². The smallest absolute Gasteiger partial charge is 0.271 e. The van der Waals surface area contributed by atoms with Crippen molar-refractivity contribution in [3.05, 3.63) is 105 Å². The fourth-order valence-electron chi connectivity index (χ4n) is 5.51. The molecule has 2 aliphatic rings. The second-order valence-electron chi connectivity index (χ2n) is 9.56. The van der Waals surface area contributed by atoms with Gasteiger partial charge in [-0.2, -0.15) is 0 Å². The SMILES string of the molecule is Cc1c2n(ccc1=O)C(C1c3ccccc3CCc3ccccc31)CN(CCN(C)C)C2=O. The Morgan fingerprint density at radius 2 is 1.52 bits per heavy atom. The van der Waals surface area contributed by atoms with Gasteiger partial charge >= 0.3 is 0 Å². The predicted octanol–water partition coefficient (Wildman–Crippen LogP) is 3.65. The minimum Gasteiger partial charge on any atom is -0.337 e. The van der Waals surface area contributed by atoms with Crippen LogP contribution in [0.5, 0.6) is 0 Å². The standard InChI is InChI=1S/C28H31N3O2/c1-19-25(32)14-15-31-24(18-30(17-16-29(2)3)28(33)27(19)31)26-22-10-6-4-8-20(22)12-13-21-9-5-7-11-23(21)26/h4-11,14-15,24,26H,12-13,16-18H2,1-3H3. The van der Waals surface area contributed by atoms with E-state index in [4.69, 9.17) is 0 Å². The third kappa shape index (κ3) is 3.80. The molecule has 1 aromatic heterocycles. The van der Waals surface area contributed by atoms with Gasteiger partial charge in [0.25, 0.3) is 5.91 Å². The highest BCUT2D eigenvalue weighted by Gasteiger charge is 2.39. The lowest BCUT2D eigenvalue weighted by Crippen LogP contribution is -2.48.